The first kappa shape index (κ1) is 12.6. The lowest BCUT2D eigenvalue weighted by molar-refractivity contribution is 0.260. The lowest BCUT2D eigenvalue weighted by Crippen LogP contribution is -2.44. The average Bonchev–Trinajstić information content (AvgIpc) is 2.25. The first-order valence-corrected chi connectivity index (χ1v) is 6.71. The Hall–Kier alpha value is -0.890. The van der Waals surface area contributed by atoms with Gasteiger partial charge in [-0.25, -0.2) is 4.39 Å². The standard InChI is InChI=1S/C15H22FN/c1-3-6-11(2)17-13-9-12(10-13)14-7-4-5-8-15(14)16/h4-5,7-8,11-13,17H,3,6,9-10H2,1-2H3. The highest BCUT2D eigenvalue weighted by atomic mass is 19.1. The molecule has 1 aromatic carbocycles. The molecule has 2 rings (SSSR count). The molecule has 1 aromatic rings. The van der Waals surface area contributed by atoms with Crippen LogP contribution >= 0.6 is 0 Å². The van der Waals surface area contributed by atoms with E-state index in [2.05, 4.69) is 19.2 Å². The molecule has 0 aliphatic heterocycles. The third-order valence-electron chi connectivity index (χ3n) is 3.73. The van der Waals surface area contributed by atoms with Crippen molar-refractivity contribution in [3.05, 3.63) is 35.6 Å². The van der Waals surface area contributed by atoms with E-state index < -0.39 is 0 Å². The second-order valence-electron chi connectivity index (χ2n) is 5.24. The van der Waals surface area contributed by atoms with Gasteiger partial charge in [-0.2, -0.15) is 0 Å². The van der Waals surface area contributed by atoms with Gasteiger partial charge in [0, 0.05) is 12.1 Å². The SMILES string of the molecule is CCCC(C)NC1CC(c2ccccc2F)C1. The first-order chi connectivity index (χ1) is 8.20. The summed E-state index contributed by atoms with van der Waals surface area (Å²) in [4.78, 5) is 0. The lowest BCUT2D eigenvalue weighted by atomic mass is 9.75. The average molecular weight is 235 g/mol. The molecule has 1 aliphatic rings. The molecular weight excluding hydrogens is 213 g/mol. The number of halogens is 1. The van der Waals surface area contributed by atoms with Crippen molar-refractivity contribution in [1.29, 1.82) is 0 Å². The Kier molecular flexibility index (Phi) is 4.16. The Bertz CT molecular complexity index is 358. The Labute approximate surface area is 103 Å². The van der Waals surface area contributed by atoms with Gasteiger partial charge in [0.15, 0.2) is 0 Å². The molecule has 94 valence electrons. The quantitative estimate of drug-likeness (QED) is 0.817. The van der Waals surface area contributed by atoms with Gasteiger partial charge in [0.25, 0.3) is 0 Å². The third-order valence-corrected chi connectivity index (χ3v) is 3.73. The number of nitrogens with one attached hydrogen (secondary N) is 1. The second kappa shape index (κ2) is 5.63. The molecule has 1 fully saturated rings. The molecule has 1 atom stereocenters. The predicted molar refractivity (Wildman–Crippen MR) is 69.7 cm³/mol. The fourth-order valence-electron chi connectivity index (χ4n) is 2.73. The van der Waals surface area contributed by atoms with Gasteiger partial charge in [-0.05, 0) is 43.7 Å². The molecule has 17 heavy (non-hydrogen) atoms. The summed E-state index contributed by atoms with van der Waals surface area (Å²) in [5, 5.41) is 3.61. The third kappa shape index (κ3) is 3.06. The monoisotopic (exact) mass is 235 g/mol. The molecule has 0 aromatic heterocycles. The molecule has 0 radical (unpaired) electrons. The molecule has 0 heterocycles. The van der Waals surface area contributed by atoms with Crippen LogP contribution in [0.5, 0.6) is 0 Å². The zero-order chi connectivity index (χ0) is 12.3. The fourth-order valence-corrected chi connectivity index (χ4v) is 2.73. The van der Waals surface area contributed by atoms with Crippen molar-refractivity contribution in [2.45, 2.75) is 57.5 Å². The summed E-state index contributed by atoms with van der Waals surface area (Å²) in [6, 6.07) is 8.35. The number of benzene rings is 1. The van der Waals surface area contributed by atoms with Crippen LogP contribution in [0.15, 0.2) is 24.3 Å². The molecule has 1 nitrogen and oxygen atoms in total. The molecule has 0 bridgehead atoms. The molecule has 1 N–H and O–H groups in total. The van der Waals surface area contributed by atoms with E-state index in [1.165, 1.54) is 12.8 Å². The fraction of sp³-hybridized carbons (Fsp3) is 0.600. The van der Waals surface area contributed by atoms with Gasteiger partial charge in [0.1, 0.15) is 5.82 Å². The number of hydrogen-bond acceptors (Lipinski definition) is 1. The van der Waals surface area contributed by atoms with Crippen molar-refractivity contribution in [1.82, 2.24) is 5.32 Å². The largest absolute Gasteiger partial charge is 0.311 e. The van der Waals surface area contributed by atoms with E-state index in [-0.39, 0.29) is 5.82 Å². The molecule has 0 amide bonds. The highest BCUT2D eigenvalue weighted by Gasteiger charge is 2.32. The molecule has 1 aliphatic carbocycles. The van der Waals surface area contributed by atoms with Crippen LogP contribution in [-0.4, -0.2) is 12.1 Å². The maximum Gasteiger partial charge on any atom is 0.126 e. The molecule has 0 spiro atoms. The van der Waals surface area contributed by atoms with Crippen molar-refractivity contribution >= 4 is 0 Å². The highest BCUT2D eigenvalue weighted by Crippen LogP contribution is 2.38. The van der Waals surface area contributed by atoms with E-state index in [0.717, 1.165) is 18.4 Å². The van der Waals surface area contributed by atoms with Gasteiger partial charge in [-0.3, -0.25) is 0 Å². The van der Waals surface area contributed by atoms with E-state index in [1.54, 1.807) is 12.1 Å². The van der Waals surface area contributed by atoms with Crippen molar-refractivity contribution < 1.29 is 4.39 Å². The minimum absolute atomic E-state index is 0.0439. The van der Waals surface area contributed by atoms with E-state index in [0.29, 0.717) is 18.0 Å². The van der Waals surface area contributed by atoms with Gasteiger partial charge >= 0.3 is 0 Å². The van der Waals surface area contributed by atoms with Crippen LogP contribution in [-0.2, 0) is 0 Å². The number of hydrogen-bond donors (Lipinski definition) is 1. The van der Waals surface area contributed by atoms with E-state index >= 15 is 0 Å². The second-order valence-corrected chi connectivity index (χ2v) is 5.24. The Morgan fingerprint density at radius 3 is 2.71 bits per heavy atom. The molecule has 1 unspecified atom stereocenters. The van der Waals surface area contributed by atoms with E-state index in [9.17, 15) is 4.39 Å². The summed E-state index contributed by atoms with van der Waals surface area (Å²) in [6.45, 7) is 4.45. The maximum absolute atomic E-state index is 13.6. The normalized spacial score (nSPS) is 25.4. The van der Waals surface area contributed by atoms with E-state index in [1.807, 2.05) is 12.1 Å². The molecule has 2 heteroatoms. The number of rotatable bonds is 5. The van der Waals surface area contributed by atoms with Crippen molar-refractivity contribution in [3.8, 4) is 0 Å². The smallest absolute Gasteiger partial charge is 0.126 e. The van der Waals surface area contributed by atoms with Gasteiger partial charge in [0.05, 0.1) is 0 Å². The van der Waals surface area contributed by atoms with Crippen LogP contribution in [0, 0.1) is 5.82 Å². The summed E-state index contributed by atoms with van der Waals surface area (Å²) < 4.78 is 13.6. The predicted octanol–water partition coefficient (Wildman–Crippen LogP) is 3.85. The van der Waals surface area contributed by atoms with Gasteiger partial charge < -0.3 is 5.32 Å². The van der Waals surface area contributed by atoms with Crippen molar-refractivity contribution in [2.24, 2.45) is 0 Å². The van der Waals surface area contributed by atoms with Crippen LogP contribution in [0.25, 0.3) is 0 Å². The zero-order valence-corrected chi connectivity index (χ0v) is 10.7. The summed E-state index contributed by atoms with van der Waals surface area (Å²) in [7, 11) is 0. The van der Waals surface area contributed by atoms with Crippen LogP contribution in [0.2, 0.25) is 0 Å². The summed E-state index contributed by atoms with van der Waals surface area (Å²) in [5.41, 5.74) is 0.897. The minimum Gasteiger partial charge on any atom is -0.311 e. The molecule has 0 saturated heterocycles. The maximum atomic E-state index is 13.6. The lowest BCUT2D eigenvalue weighted by Gasteiger charge is -2.38. The summed E-state index contributed by atoms with van der Waals surface area (Å²) >= 11 is 0. The Morgan fingerprint density at radius 1 is 1.35 bits per heavy atom. The summed E-state index contributed by atoms with van der Waals surface area (Å²) in [6.07, 6.45) is 4.60. The van der Waals surface area contributed by atoms with E-state index in [4.69, 9.17) is 0 Å². The van der Waals surface area contributed by atoms with Crippen LogP contribution in [0.4, 0.5) is 4.39 Å². The van der Waals surface area contributed by atoms with Crippen molar-refractivity contribution in [3.63, 3.8) is 0 Å². The van der Waals surface area contributed by atoms with Gasteiger partial charge in [0.2, 0.25) is 0 Å². The molecular formula is C15H22FN. The zero-order valence-electron chi connectivity index (χ0n) is 10.7. The highest BCUT2D eigenvalue weighted by molar-refractivity contribution is 5.24. The van der Waals surface area contributed by atoms with Crippen LogP contribution < -0.4 is 5.32 Å². The van der Waals surface area contributed by atoms with Crippen molar-refractivity contribution in [2.75, 3.05) is 0 Å². The van der Waals surface area contributed by atoms with Crippen LogP contribution in [0.3, 0.4) is 0 Å². The Balaban J connectivity index is 1.81. The van der Waals surface area contributed by atoms with Gasteiger partial charge in [-0.15, -0.1) is 0 Å². The topological polar surface area (TPSA) is 12.0 Å². The van der Waals surface area contributed by atoms with Gasteiger partial charge in [-0.1, -0.05) is 31.5 Å². The minimum atomic E-state index is -0.0439. The summed E-state index contributed by atoms with van der Waals surface area (Å²) in [5.74, 6) is 0.375. The van der Waals surface area contributed by atoms with Crippen LogP contribution in [0.1, 0.15) is 51.0 Å². The Morgan fingerprint density at radius 2 is 2.06 bits per heavy atom. The molecule has 1 saturated carbocycles. The first-order valence-electron chi connectivity index (χ1n) is 6.71.